The van der Waals surface area contributed by atoms with Crippen molar-refractivity contribution < 1.29 is 14.3 Å². The van der Waals surface area contributed by atoms with Crippen molar-refractivity contribution in [2.45, 2.75) is 37.7 Å². The van der Waals surface area contributed by atoms with Gasteiger partial charge >= 0.3 is 0 Å². The van der Waals surface area contributed by atoms with E-state index in [2.05, 4.69) is 4.90 Å². The van der Waals surface area contributed by atoms with E-state index in [1.165, 1.54) is 12.8 Å². The average molecular weight is 371 g/mol. The summed E-state index contributed by atoms with van der Waals surface area (Å²) in [6.45, 7) is 5.28. The van der Waals surface area contributed by atoms with Crippen molar-refractivity contribution in [2.75, 3.05) is 50.8 Å². The Kier molecular flexibility index (Phi) is 5.45. The Morgan fingerprint density at radius 3 is 2.44 bits per heavy atom. The summed E-state index contributed by atoms with van der Waals surface area (Å²) in [6, 6.07) is 9.79. The van der Waals surface area contributed by atoms with Crippen LogP contribution in [0.15, 0.2) is 30.3 Å². The van der Waals surface area contributed by atoms with Crippen molar-refractivity contribution in [1.82, 2.24) is 9.80 Å². The molecule has 0 bridgehead atoms. The molecule has 6 heteroatoms. The molecule has 3 aliphatic rings. The lowest BCUT2D eigenvalue weighted by Crippen LogP contribution is -2.59. The van der Waals surface area contributed by atoms with Gasteiger partial charge in [0.25, 0.3) is 5.91 Å². The zero-order chi connectivity index (χ0) is 18.7. The maximum absolute atomic E-state index is 12.6. The number of piperidine rings is 1. The van der Waals surface area contributed by atoms with Crippen molar-refractivity contribution >= 4 is 17.5 Å². The van der Waals surface area contributed by atoms with E-state index >= 15 is 0 Å². The Balaban J connectivity index is 1.32. The molecular formula is C21H29N3O3. The molecule has 0 unspecified atom stereocenters. The summed E-state index contributed by atoms with van der Waals surface area (Å²) in [6.07, 6.45) is 4.71. The van der Waals surface area contributed by atoms with E-state index in [1.807, 2.05) is 40.1 Å². The topological polar surface area (TPSA) is 53.1 Å². The van der Waals surface area contributed by atoms with Crippen LogP contribution in [-0.4, -0.2) is 73.1 Å². The van der Waals surface area contributed by atoms with Crippen LogP contribution in [0.5, 0.6) is 0 Å². The first-order chi connectivity index (χ1) is 13.2. The lowest BCUT2D eigenvalue weighted by Gasteiger charge is -2.47. The van der Waals surface area contributed by atoms with Crippen molar-refractivity contribution in [3.05, 3.63) is 30.3 Å². The molecule has 0 radical (unpaired) electrons. The van der Waals surface area contributed by atoms with Crippen molar-refractivity contribution in [1.29, 1.82) is 0 Å². The summed E-state index contributed by atoms with van der Waals surface area (Å²) in [5.41, 5.74) is 0.601. The highest BCUT2D eigenvalue weighted by Crippen LogP contribution is 2.32. The Bertz CT molecular complexity index is 665. The first kappa shape index (κ1) is 18.4. The van der Waals surface area contributed by atoms with Crippen LogP contribution in [0.1, 0.15) is 32.1 Å². The second kappa shape index (κ2) is 7.98. The fraction of sp³-hybridized carbons (Fsp3) is 0.619. The number of likely N-dealkylation sites (tertiary alicyclic amines) is 2. The van der Waals surface area contributed by atoms with Gasteiger partial charge in [0.2, 0.25) is 5.91 Å². The number of ether oxygens (including phenoxy) is 1. The number of para-hydroxylation sites is 1. The van der Waals surface area contributed by atoms with Crippen LogP contribution in [0, 0.1) is 0 Å². The number of nitrogens with zero attached hydrogens (tertiary/aromatic N) is 3. The first-order valence-corrected chi connectivity index (χ1v) is 10.1. The van der Waals surface area contributed by atoms with Gasteiger partial charge in [-0.3, -0.25) is 9.59 Å². The third-order valence-electron chi connectivity index (χ3n) is 6.18. The second-order valence-corrected chi connectivity index (χ2v) is 7.97. The fourth-order valence-electron chi connectivity index (χ4n) is 4.44. The summed E-state index contributed by atoms with van der Waals surface area (Å²) < 4.78 is 6.00. The number of benzene rings is 1. The number of hydrogen-bond acceptors (Lipinski definition) is 4. The van der Waals surface area contributed by atoms with Gasteiger partial charge in [-0.2, -0.15) is 0 Å². The largest absolute Gasteiger partial charge is 0.363 e. The minimum absolute atomic E-state index is 0.0101. The molecule has 0 aliphatic carbocycles. The molecule has 3 fully saturated rings. The van der Waals surface area contributed by atoms with Crippen LogP contribution in [0.4, 0.5) is 5.69 Å². The molecule has 3 heterocycles. The Morgan fingerprint density at radius 2 is 1.74 bits per heavy atom. The maximum atomic E-state index is 12.6. The number of carbonyl (C=O) groups is 2. The SMILES string of the molecule is O=C(CCN1CCCC1)N1CCC2(CC1)CN(c1ccccc1)C(=O)CO2. The normalized spacial score (nSPS) is 23.2. The molecular weight excluding hydrogens is 342 g/mol. The molecule has 3 aliphatic heterocycles. The average Bonchev–Trinajstić information content (AvgIpc) is 3.23. The smallest absolute Gasteiger partial charge is 0.253 e. The number of amides is 2. The zero-order valence-electron chi connectivity index (χ0n) is 15.9. The summed E-state index contributed by atoms with van der Waals surface area (Å²) in [5, 5.41) is 0. The number of anilines is 1. The van der Waals surface area contributed by atoms with Gasteiger partial charge in [0.05, 0.1) is 12.1 Å². The standard InChI is InChI=1S/C21H29N3O3/c25-19(8-13-22-11-4-5-12-22)23-14-9-21(10-15-23)17-24(20(26)16-27-21)18-6-2-1-3-7-18/h1-3,6-7H,4-5,8-17H2. The van der Waals surface area contributed by atoms with Gasteiger partial charge in [-0.1, -0.05) is 18.2 Å². The van der Waals surface area contributed by atoms with Gasteiger partial charge in [0.1, 0.15) is 6.61 Å². The molecule has 0 atom stereocenters. The van der Waals surface area contributed by atoms with E-state index in [9.17, 15) is 9.59 Å². The summed E-state index contributed by atoms with van der Waals surface area (Å²) >= 11 is 0. The molecule has 146 valence electrons. The van der Waals surface area contributed by atoms with E-state index in [0.717, 1.165) is 51.3 Å². The zero-order valence-corrected chi connectivity index (χ0v) is 15.9. The van der Waals surface area contributed by atoms with Gasteiger partial charge in [0.15, 0.2) is 0 Å². The van der Waals surface area contributed by atoms with E-state index in [4.69, 9.17) is 4.74 Å². The number of carbonyl (C=O) groups excluding carboxylic acids is 2. The first-order valence-electron chi connectivity index (χ1n) is 10.1. The molecule has 2 amide bonds. The van der Waals surface area contributed by atoms with Gasteiger partial charge in [0, 0.05) is 31.7 Å². The molecule has 4 rings (SSSR count). The van der Waals surface area contributed by atoms with E-state index in [-0.39, 0.29) is 24.0 Å². The van der Waals surface area contributed by atoms with Gasteiger partial charge in [-0.15, -0.1) is 0 Å². The molecule has 6 nitrogen and oxygen atoms in total. The van der Waals surface area contributed by atoms with Crippen molar-refractivity contribution in [3.8, 4) is 0 Å². The van der Waals surface area contributed by atoms with Gasteiger partial charge in [-0.05, 0) is 50.9 Å². The molecule has 0 saturated carbocycles. The summed E-state index contributed by atoms with van der Waals surface area (Å²) in [4.78, 5) is 31.1. The molecule has 27 heavy (non-hydrogen) atoms. The predicted molar refractivity (Wildman–Crippen MR) is 104 cm³/mol. The monoisotopic (exact) mass is 371 g/mol. The molecule has 1 aromatic rings. The summed E-state index contributed by atoms with van der Waals surface area (Å²) in [5.74, 6) is 0.263. The van der Waals surface area contributed by atoms with Crippen LogP contribution in [0.25, 0.3) is 0 Å². The van der Waals surface area contributed by atoms with E-state index < -0.39 is 0 Å². The predicted octanol–water partition coefficient (Wildman–Crippen LogP) is 1.90. The Morgan fingerprint density at radius 1 is 1.04 bits per heavy atom. The van der Waals surface area contributed by atoms with Gasteiger partial charge in [-0.25, -0.2) is 0 Å². The fourth-order valence-corrected chi connectivity index (χ4v) is 4.44. The highest BCUT2D eigenvalue weighted by molar-refractivity contribution is 5.95. The molecule has 3 saturated heterocycles. The highest BCUT2D eigenvalue weighted by Gasteiger charge is 2.43. The second-order valence-electron chi connectivity index (χ2n) is 7.97. The Labute approximate surface area is 161 Å². The molecule has 1 aromatic carbocycles. The lowest BCUT2D eigenvalue weighted by atomic mass is 9.89. The lowest BCUT2D eigenvalue weighted by molar-refractivity contribution is -0.150. The third-order valence-corrected chi connectivity index (χ3v) is 6.18. The van der Waals surface area contributed by atoms with E-state index in [1.54, 1.807) is 0 Å². The third kappa shape index (κ3) is 4.17. The number of morpholine rings is 1. The highest BCUT2D eigenvalue weighted by atomic mass is 16.5. The van der Waals surface area contributed by atoms with Crippen molar-refractivity contribution in [2.24, 2.45) is 0 Å². The van der Waals surface area contributed by atoms with Crippen molar-refractivity contribution in [3.63, 3.8) is 0 Å². The van der Waals surface area contributed by atoms with E-state index in [0.29, 0.717) is 13.0 Å². The van der Waals surface area contributed by atoms with Crippen LogP contribution < -0.4 is 4.90 Å². The minimum atomic E-state index is -0.324. The minimum Gasteiger partial charge on any atom is -0.363 e. The van der Waals surface area contributed by atoms with Crippen LogP contribution >= 0.6 is 0 Å². The number of rotatable bonds is 4. The van der Waals surface area contributed by atoms with Crippen LogP contribution in [-0.2, 0) is 14.3 Å². The molecule has 1 spiro atoms. The summed E-state index contributed by atoms with van der Waals surface area (Å²) in [7, 11) is 0. The Hall–Kier alpha value is -1.92. The van der Waals surface area contributed by atoms with Crippen LogP contribution in [0.3, 0.4) is 0 Å². The molecule has 0 N–H and O–H groups in total. The maximum Gasteiger partial charge on any atom is 0.253 e. The van der Waals surface area contributed by atoms with Gasteiger partial charge < -0.3 is 19.4 Å². The van der Waals surface area contributed by atoms with Crippen LogP contribution in [0.2, 0.25) is 0 Å². The quantitative estimate of drug-likeness (QED) is 0.811. The molecule has 0 aromatic heterocycles. The number of hydrogen-bond donors (Lipinski definition) is 0.